The van der Waals surface area contributed by atoms with Gasteiger partial charge in [0.1, 0.15) is 5.69 Å². The van der Waals surface area contributed by atoms with E-state index in [2.05, 4.69) is 0 Å². The van der Waals surface area contributed by atoms with E-state index in [9.17, 15) is 19.7 Å². The number of carbonyl (C=O) groups excluding carboxylic acids is 2. The van der Waals surface area contributed by atoms with Crippen LogP contribution in [0.3, 0.4) is 0 Å². The van der Waals surface area contributed by atoms with Gasteiger partial charge >= 0.3 is 0 Å². The second kappa shape index (κ2) is 6.62. The van der Waals surface area contributed by atoms with E-state index in [0.29, 0.717) is 5.56 Å². The number of amides is 1. The number of carbonyl (C=O) groups is 2. The molecule has 6 nitrogen and oxygen atoms in total. The summed E-state index contributed by atoms with van der Waals surface area (Å²) >= 11 is 0. The van der Waals surface area contributed by atoms with Gasteiger partial charge in [-0.15, -0.1) is 0 Å². The first-order valence-electron chi connectivity index (χ1n) is 6.60. The fourth-order valence-electron chi connectivity index (χ4n) is 2.07. The normalized spacial score (nSPS) is 10.0. The second-order valence-electron chi connectivity index (χ2n) is 4.64. The Kier molecular flexibility index (Phi) is 4.63. The van der Waals surface area contributed by atoms with Gasteiger partial charge < -0.3 is 0 Å². The van der Waals surface area contributed by atoms with Crippen LogP contribution in [-0.2, 0) is 4.79 Å². The van der Waals surface area contributed by atoms with Gasteiger partial charge in [-0.2, -0.15) is 0 Å². The molecule has 0 heterocycles. The first kappa shape index (κ1) is 15.4. The molecule has 0 saturated heterocycles. The average Bonchev–Trinajstić information content (AvgIpc) is 2.53. The minimum Gasteiger partial charge on any atom is -0.299 e. The lowest BCUT2D eigenvalue weighted by Gasteiger charge is -2.20. The number of ketones is 1. The molecule has 0 spiro atoms. The third-order valence-electron chi connectivity index (χ3n) is 3.15. The number of anilines is 1. The number of benzene rings is 2. The van der Waals surface area contributed by atoms with Crippen molar-refractivity contribution >= 4 is 23.1 Å². The summed E-state index contributed by atoms with van der Waals surface area (Å²) in [5, 5.41) is 11.1. The third-order valence-corrected chi connectivity index (χ3v) is 3.15. The fraction of sp³-hybridized carbons (Fsp3) is 0.125. The predicted octanol–water partition coefficient (Wildman–Crippen LogP) is 2.83. The van der Waals surface area contributed by atoms with Gasteiger partial charge in [0.15, 0.2) is 5.78 Å². The van der Waals surface area contributed by atoms with E-state index in [1.807, 2.05) is 0 Å². The molecule has 0 bridgehead atoms. The molecule has 2 aromatic rings. The highest BCUT2D eigenvalue weighted by atomic mass is 16.6. The van der Waals surface area contributed by atoms with E-state index < -0.39 is 10.8 Å². The van der Waals surface area contributed by atoms with E-state index in [4.69, 9.17) is 0 Å². The number of rotatable bonds is 5. The van der Waals surface area contributed by atoms with Crippen LogP contribution < -0.4 is 4.90 Å². The number of nitrogens with zero attached hydrogens (tertiary/aromatic N) is 2. The van der Waals surface area contributed by atoms with Crippen molar-refractivity contribution < 1.29 is 14.5 Å². The van der Waals surface area contributed by atoms with Crippen LogP contribution in [0.1, 0.15) is 17.3 Å². The fourth-order valence-corrected chi connectivity index (χ4v) is 2.07. The van der Waals surface area contributed by atoms with Crippen LogP contribution in [0.4, 0.5) is 11.4 Å². The Labute approximate surface area is 127 Å². The molecule has 22 heavy (non-hydrogen) atoms. The molecule has 0 fully saturated rings. The van der Waals surface area contributed by atoms with Gasteiger partial charge in [0.2, 0.25) is 5.91 Å². The Morgan fingerprint density at radius 1 is 1.05 bits per heavy atom. The Morgan fingerprint density at radius 3 is 2.23 bits per heavy atom. The summed E-state index contributed by atoms with van der Waals surface area (Å²) in [6.07, 6.45) is 0. The second-order valence-corrected chi connectivity index (χ2v) is 4.64. The van der Waals surface area contributed by atoms with Crippen molar-refractivity contribution in [1.82, 2.24) is 0 Å². The molecule has 0 saturated carbocycles. The molecule has 1 amide bonds. The number of nitro groups is 1. The van der Waals surface area contributed by atoms with Gasteiger partial charge in [-0.3, -0.25) is 24.6 Å². The molecule has 0 atom stereocenters. The minimum absolute atomic E-state index is 0.115. The maximum Gasteiger partial charge on any atom is 0.292 e. The van der Waals surface area contributed by atoms with Gasteiger partial charge in [-0.25, -0.2) is 0 Å². The summed E-state index contributed by atoms with van der Waals surface area (Å²) in [7, 11) is 0. The van der Waals surface area contributed by atoms with E-state index in [0.717, 1.165) is 4.90 Å². The van der Waals surface area contributed by atoms with Crippen LogP contribution in [-0.4, -0.2) is 23.2 Å². The van der Waals surface area contributed by atoms with Crippen molar-refractivity contribution in [3.05, 3.63) is 70.3 Å². The number of hydrogen-bond donors (Lipinski definition) is 0. The molecule has 6 heteroatoms. The smallest absolute Gasteiger partial charge is 0.292 e. The number of hydrogen-bond acceptors (Lipinski definition) is 4. The molecule has 0 N–H and O–H groups in total. The molecule has 0 radical (unpaired) electrons. The lowest BCUT2D eigenvalue weighted by molar-refractivity contribution is -0.384. The van der Waals surface area contributed by atoms with E-state index in [-0.39, 0.29) is 23.7 Å². The Bertz CT molecular complexity index is 713. The Balaban J connectivity index is 2.34. The first-order chi connectivity index (χ1) is 10.5. The van der Waals surface area contributed by atoms with E-state index >= 15 is 0 Å². The molecule has 112 valence electrons. The van der Waals surface area contributed by atoms with Gasteiger partial charge in [0.05, 0.1) is 11.5 Å². The number of Topliss-reactive ketones (excluding diaryl/α,β-unsaturated/α-hetero) is 1. The molecule has 2 rings (SSSR count). The first-order valence-corrected chi connectivity index (χ1v) is 6.60. The highest BCUT2D eigenvalue weighted by Gasteiger charge is 2.24. The van der Waals surface area contributed by atoms with Crippen molar-refractivity contribution in [2.24, 2.45) is 0 Å². The zero-order valence-electron chi connectivity index (χ0n) is 11.9. The average molecular weight is 298 g/mol. The molecule has 0 aliphatic rings. The van der Waals surface area contributed by atoms with Crippen molar-refractivity contribution in [1.29, 1.82) is 0 Å². The zero-order valence-corrected chi connectivity index (χ0v) is 11.9. The lowest BCUT2D eigenvalue weighted by atomic mass is 10.1. The summed E-state index contributed by atoms with van der Waals surface area (Å²) in [4.78, 5) is 35.7. The lowest BCUT2D eigenvalue weighted by Crippen LogP contribution is -2.34. The van der Waals surface area contributed by atoms with Crippen molar-refractivity contribution in [2.75, 3.05) is 11.4 Å². The SMILES string of the molecule is CC(=O)N(CC(=O)c1ccccc1)c1ccccc1[N+](=O)[O-]. The monoisotopic (exact) mass is 298 g/mol. The third kappa shape index (κ3) is 3.35. The number of nitro benzene ring substituents is 1. The largest absolute Gasteiger partial charge is 0.299 e. The summed E-state index contributed by atoms with van der Waals surface area (Å²) in [5.41, 5.74) is 0.357. The summed E-state index contributed by atoms with van der Waals surface area (Å²) < 4.78 is 0. The molecule has 2 aromatic carbocycles. The van der Waals surface area contributed by atoms with Crippen LogP contribution in [0.25, 0.3) is 0 Å². The van der Waals surface area contributed by atoms with Crippen LogP contribution in [0.2, 0.25) is 0 Å². The van der Waals surface area contributed by atoms with Gasteiger partial charge in [-0.1, -0.05) is 42.5 Å². The van der Waals surface area contributed by atoms with Gasteiger partial charge in [0.25, 0.3) is 5.69 Å². The molecular weight excluding hydrogens is 284 g/mol. The van der Waals surface area contributed by atoms with Gasteiger partial charge in [0, 0.05) is 18.6 Å². The molecular formula is C16H14N2O4. The summed E-state index contributed by atoms with van der Waals surface area (Å²) in [6, 6.07) is 14.4. The van der Waals surface area contributed by atoms with Gasteiger partial charge in [-0.05, 0) is 6.07 Å². The minimum atomic E-state index is -0.571. The Morgan fingerprint density at radius 2 is 1.64 bits per heavy atom. The standard InChI is InChI=1S/C16H14N2O4/c1-12(19)17(11-16(20)13-7-3-2-4-8-13)14-9-5-6-10-15(14)18(21)22/h2-10H,11H2,1H3. The van der Waals surface area contributed by atoms with E-state index in [1.54, 1.807) is 36.4 Å². The van der Waals surface area contributed by atoms with Crippen LogP contribution >= 0.6 is 0 Å². The summed E-state index contributed by atoms with van der Waals surface area (Å²) in [6.45, 7) is 1.03. The maximum atomic E-state index is 12.3. The quantitative estimate of drug-likeness (QED) is 0.483. The Hall–Kier alpha value is -3.02. The zero-order chi connectivity index (χ0) is 16.1. The maximum absolute atomic E-state index is 12.3. The molecule has 0 aliphatic carbocycles. The topological polar surface area (TPSA) is 80.5 Å². The molecule has 0 aromatic heterocycles. The van der Waals surface area contributed by atoms with E-state index in [1.165, 1.54) is 25.1 Å². The predicted molar refractivity (Wildman–Crippen MR) is 81.9 cm³/mol. The van der Waals surface area contributed by atoms with Crippen LogP contribution in [0.5, 0.6) is 0 Å². The van der Waals surface area contributed by atoms with Crippen molar-refractivity contribution in [3.63, 3.8) is 0 Å². The number of para-hydroxylation sites is 2. The van der Waals surface area contributed by atoms with Crippen LogP contribution in [0, 0.1) is 10.1 Å². The summed E-state index contributed by atoms with van der Waals surface area (Å²) in [5.74, 6) is -0.715. The highest BCUT2D eigenvalue weighted by Crippen LogP contribution is 2.27. The highest BCUT2D eigenvalue weighted by molar-refractivity contribution is 6.05. The molecule has 0 aliphatic heterocycles. The van der Waals surface area contributed by atoms with Crippen LogP contribution in [0.15, 0.2) is 54.6 Å². The van der Waals surface area contributed by atoms with Crippen molar-refractivity contribution in [2.45, 2.75) is 6.92 Å². The van der Waals surface area contributed by atoms with Crippen molar-refractivity contribution in [3.8, 4) is 0 Å². The molecule has 0 unspecified atom stereocenters.